The second-order valence-electron chi connectivity index (χ2n) is 4.13. The minimum atomic E-state index is -6.07. The summed E-state index contributed by atoms with van der Waals surface area (Å²) in [5.74, 6) is -1.11. The molecule has 22 heavy (non-hydrogen) atoms. The zero-order chi connectivity index (χ0) is 17.2. The van der Waals surface area contributed by atoms with Crippen LogP contribution in [0.5, 0.6) is 0 Å². The molecule has 0 aromatic heterocycles. The molecule has 10 heteroatoms. The first-order valence-electron chi connectivity index (χ1n) is 5.57. The van der Waals surface area contributed by atoms with E-state index in [1.54, 1.807) is 5.32 Å². The number of nitrogens with one attached hydrogen (secondary N) is 1. The molecule has 1 aromatic carbocycles. The maximum Gasteiger partial charge on any atom is 0.430 e. The molecule has 0 spiro atoms. The van der Waals surface area contributed by atoms with Gasteiger partial charge in [0.05, 0.1) is 6.07 Å². The van der Waals surface area contributed by atoms with Crippen molar-refractivity contribution >= 4 is 11.6 Å². The van der Waals surface area contributed by atoms with Crippen molar-refractivity contribution < 1.29 is 36.2 Å². The number of carbonyl (C=O) groups is 1. The van der Waals surface area contributed by atoms with Crippen LogP contribution in [0.4, 0.5) is 32.0 Å². The van der Waals surface area contributed by atoms with Gasteiger partial charge in [0.25, 0.3) is 5.60 Å². The van der Waals surface area contributed by atoms with Crippen molar-refractivity contribution in [2.45, 2.75) is 24.4 Å². The quantitative estimate of drug-likeness (QED) is 0.839. The first kappa shape index (κ1) is 17.8. The van der Waals surface area contributed by atoms with Gasteiger partial charge in [0, 0.05) is 11.3 Å². The SMILES string of the molecule is N#CCC(=O)Nc1ccccc1C(O)(C(F)(F)F)C(F)(F)F. The van der Waals surface area contributed by atoms with E-state index in [2.05, 4.69) is 0 Å². The van der Waals surface area contributed by atoms with Crippen LogP contribution in [0, 0.1) is 11.3 Å². The normalized spacial score (nSPS) is 12.6. The van der Waals surface area contributed by atoms with Gasteiger partial charge in [0.2, 0.25) is 5.91 Å². The highest BCUT2D eigenvalue weighted by atomic mass is 19.4. The highest BCUT2D eigenvalue weighted by Crippen LogP contribution is 2.51. The first-order chi connectivity index (χ1) is 9.95. The van der Waals surface area contributed by atoms with Gasteiger partial charge in [-0.05, 0) is 6.07 Å². The van der Waals surface area contributed by atoms with Crippen molar-refractivity contribution in [3.63, 3.8) is 0 Å². The number of halogens is 6. The predicted molar refractivity (Wildman–Crippen MR) is 61.3 cm³/mol. The monoisotopic (exact) mass is 326 g/mol. The molecule has 120 valence electrons. The molecule has 0 heterocycles. The Morgan fingerprint density at radius 2 is 1.64 bits per heavy atom. The van der Waals surface area contributed by atoms with E-state index >= 15 is 0 Å². The second-order valence-corrected chi connectivity index (χ2v) is 4.13. The largest absolute Gasteiger partial charge is 0.430 e. The molecule has 0 saturated heterocycles. The number of hydrogen-bond donors (Lipinski definition) is 2. The molecule has 0 unspecified atom stereocenters. The van der Waals surface area contributed by atoms with Crippen LogP contribution in [-0.4, -0.2) is 23.4 Å². The van der Waals surface area contributed by atoms with Crippen molar-refractivity contribution in [1.29, 1.82) is 5.26 Å². The molecular formula is C12H8F6N2O2. The van der Waals surface area contributed by atoms with E-state index in [0.29, 0.717) is 6.07 Å². The Balaban J connectivity index is 3.47. The summed E-state index contributed by atoms with van der Waals surface area (Å²) < 4.78 is 76.9. The van der Waals surface area contributed by atoms with Crippen molar-refractivity contribution in [2.75, 3.05) is 5.32 Å². The first-order valence-corrected chi connectivity index (χ1v) is 5.57. The van der Waals surface area contributed by atoms with Gasteiger partial charge < -0.3 is 10.4 Å². The number of aliphatic hydroxyl groups is 1. The highest BCUT2D eigenvalue weighted by molar-refractivity contribution is 5.93. The lowest BCUT2D eigenvalue weighted by atomic mass is 9.90. The molecule has 0 atom stereocenters. The summed E-state index contributed by atoms with van der Waals surface area (Å²) in [7, 11) is 0. The van der Waals surface area contributed by atoms with E-state index in [9.17, 15) is 36.2 Å². The average Bonchev–Trinajstić information content (AvgIpc) is 2.36. The van der Waals surface area contributed by atoms with Gasteiger partial charge in [-0.3, -0.25) is 4.79 Å². The molecule has 0 aliphatic carbocycles. The Kier molecular flexibility index (Phi) is 4.72. The number of amides is 1. The summed E-state index contributed by atoms with van der Waals surface area (Å²) in [6.45, 7) is 0. The standard InChI is InChI=1S/C12H8F6N2O2/c13-11(14,15)10(22,12(16,17)18)7-3-1-2-4-8(7)20-9(21)5-6-19/h1-4,22H,5H2,(H,20,21). The zero-order valence-corrected chi connectivity index (χ0v) is 10.6. The molecule has 0 fully saturated rings. The van der Waals surface area contributed by atoms with Gasteiger partial charge in [-0.25, -0.2) is 0 Å². The second kappa shape index (κ2) is 5.84. The molecule has 0 aliphatic rings. The minimum absolute atomic E-state index is 0.392. The molecule has 1 amide bonds. The lowest BCUT2D eigenvalue weighted by Crippen LogP contribution is -2.54. The van der Waals surface area contributed by atoms with Crippen LogP contribution in [0.25, 0.3) is 0 Å². The van der Waals surface area contributed by atoms with Crippen LogP contribution >= 0.6 is 0 Å². The van der Waals surface area contributed by atoms with Crippen LogP contribution in [-0.2, 0) is 10.4 Å². The Labute approximate surface area is 120 Å². The van der Waals surface area contributed by atoms with E-state index < -0.39 is 41.5 Å². The number of nitriles is 1. The van der Waals surface area contributed by atoms with Gasteiger partial charge in [0.15, 0.2) is 0 Å². The van der Waals surface area contributed by atoms with Crippen LogP contribution in [0.1, 0.15) is 12.0 Å². The number of anilines is 1. The maximum absolute atomic E-state index is 12.8. The maximum atomic E-state index is 12.8. The van der Waals surface area contributed by atoms with E-state index in [-0.39, 0.29) is 0 Å². The molecule has 0 radical (unpaired) electrons. The lowest BCUT2D eigenvalue weighted by Gasteiger charge is -2.33. The van der Waals surface area contributed by atoms with Crippen molar-refractivity contribution in [3.05, 3.63) is 29.8 Å². The number of benzene rings is 1. The summed E-state index contributed by atoms with van der Waals surface area (Å²) in [6.07, 6.45) is -12.9. The summed E-state index contributed by atoms with van der Waals surface area (Å²) in [5.41, 5.74) is -7.63. The van der Waals surface area contributed by atoms with E-state index in [4.69, 9.17) is 5.26 Å². The fraction of sp³-hybridized carbons (Fsp3) is 0.333. The van der Waals surface area contributed by atoms with E-state index in [0.717, 1.165) is 18.2 Å². The van der Waals surface area contributed by atoms with Crippen LogP contribution in [0.2, 0.25) is 0 Å². The number of alkyl halides is 6. The van der Waals surface area contributed by atoms with E-state index in [1.165, 1.54) is 6.07 Å². The van der Waals surface area contributed by atoms with Gasteiger partial charge >= 0.3 is 12.4 Å². The highest BCUT2D eigenvalue weighted by Gasteiger charge is 2.72. The van der Waals surface area contributed by atoms with Crippen molar-refractivity contribution in [1.82, 2.24) is 0 Å². The predicted octanol–water partition coefficient (Wildman–Crippen LogP) is 2.85. The Bertz CT molecular complexity index is 589. The number of nitrogens with zero attached hydrogens (tertiary/aromatic N) is 1. The van der Waals surface area contributed by atoms with Gasteiger partial charge in [-0.15, -0.1) is 0 Å². The van der Waals surface area contributed by atoms with Gasteiger partial charge in [0.1, 0.15) is 6.42 Å². The number of hydrogen-bond acceptors (Lipinski definition) is 3. The summed E-state index contributed by atoms with van der Waals surface area (Å²) >= 11 is 0. The topological polar surface area (TPSA) is 73.1 Å². The molecule has 1 rings (SSSR count). The number of para-hydroxylation sites is 1. The minimum Gasteiger partial charge on any atom is -0.369 e. The Morgan fingerprint density at radius 1 is 1.14 bits per heavy atom. The average molecular weight is 326 g/mol. The van der Waals surface area contributed by atoms with Crippen LogP contribution in [0.15, 0.2) is 24.3 Å². The Hall–Kier alpha value is -2.28. The molecule has 0 bridgehead atoms. The third-order valence-corrected chi connectivity index (χ3v) is 2.65. The van der Waals surface area contributed by atoms with Gasteiger partial charge in [-0.2, -0.15) is 31.6 Å². The Morgan fingerprint density at radius 3 is 2.09 bits per heavy atom. The van der Waals surface area contributed by atoms with Crippen molar-refractivity contribution in [3.8, 4) is 6.07 Å². The lowest BCUT2D eigenvalue weighted by molar-refractivity contribution is -0.376. The third-order valence-electron chi connectivity index (χ3n) is 2.65. The van der Waals surface area contributed by atoms with Crippen molar-refractivity contribution in [2.24, 2.45) is 0 Å². The number of carbonyl (C=O) groups excluding carboxylic acids is 1. The number of rotatable bonds is 3. The smallest absolute Gasteiger partial charge is 0.369 e. The fourth-order valence-corrected chi connectivity index (χ4v) is 1.64. The molecule has 0 saturated carbocycles. The molecule has 1 aromatic rings. The molecular weight excluding hydrogens is 318 g/mol. The molecule has 2 N–H and O–H groups in total. The molecule has 4 nitrogen and oxygen atoms in total. The van der Waals surface area contributed by atoms with Crippen LogP contribution in [0.3, 0.4) is 0 Å². The van der Waals surface area contributed by atoms with E-state index in [1.807, 2.05) is 0 Å². The molecule has 0 aliphatic heterocycles. The third kappa shape index (κ3) is 3.14. The summed E-state index contributed by atoms with van der Waals surface area (Å²) in [4.78, 5) is 11.2. The zero-order valence-electron chi connectivity index (χ0n) is 10.6. The fourth-order valence-electron chi connectivity index (χ4n) is 1.64. The summed E-state index contributed by atoms with van der Waals surface area (Å²) in [6, 6.07) is 4.45. The van der Waals surface area contributed by atoms with Gasteiger partial charge in [-0.1, -0.05) is 18.2 Å². The summed E-state index contributed by atoms with van der Waals surface area (Å²) in [5, 5.41) is 19.3. The van der Waals surface area contributed by atoms with Crippen LogP contribution < -0.4 is 5.32 Å².